The molecule has 0 amide bonds. The number of para-hydroxylation sites is 1. The number of thiazole rings is 1. The third kappa shape index (κ3) is 3.09. The Morgan fingerprint density at radius 3 is 2.86 bits per heavy atom. The number of aryl methyl sites for hydroxylation is 1. The number of nitrogens with zero attached hydrogens (tertiary/aromatic N) is 1. The molecule has 3 aromatic rings. The molecule has 3 rings (SSSR count). The van der Waals surface area contributed by atoms with Crippen LogP contribution < -0.4 is 11.3 Å². The van der Waals surface area contributed by atoms with Gasteiger partial charge in [-0.3, -0.25) is 11.3 Å². The van der Waals surface area contributed by atoms with Crippen molar-refractivity contribution < 1.29 is 0 Å². The maximum Gasteiger partial charge on any atom is 0.0958 e. The van der Waals surface area contributed by atoms with E-state index in [1.807, 2.05) is 36.4 Å². The smallest absolute Gasteiger partial charge is 0.0958 e. The van der Waals surface area contributed by atoms with Gasteiger partial charge >= 0.3 is 0 Å². The van der Waals surface area contributed by atoms with E-state index >= 15 is 0 Å². The van der Waals surface area contributed by atoms with Crippen molar-refractivity contribution in [2.75, 3.05) is 0 Å². The summed E-state index contributed by atoms with van der Waals surface area (Å²) in [6.07, 6.45) is 0.747. The van der Waals surface area contributed by atoms with Gasteiger partial charge in [0.1, 0.15) is 0 Å². The maximum atomic E-state index is 6.10. The van der Waals surface area contributed by atoms with Crippen LogP contribution in [0.3, 0.4) is 0 Å². The molecular weight excluding hydrogens is 302 g/mol. The zero-order valence-corrected chi connectivity index (χ0v) is 13.2. The Morgan fingerprint density at radius 2 is 2.10 bits per heavy atom. The standard InChI is InChI=1S/C16H16ClN3S/c1-10-6-7-11(17)8-12(10)14(20-18)9-16-19-13-4-2-3-5-15(13)21-16/h2-8,14,20H,9,18H2,1H3. The van der Waals surface area contributed by atoms with E-state index < -0.39 is 0 Å². The summed E-state index contributed by atoms with van der Waals surface area (Å²) >= 11 is 7.81. The number of halogens is 1. The Hall–Kier alpha value is -1.46. The molecule has 0 aliphatic heterocycles. The van der Waals surface area contributed by atoms with Crippen molar-refractivity contribution in [2.24, 2.45) is 5.84 Å². The molecule has 3 nitrogen and oxygen atoms in total. The van der Waals surface area contributed by atoms with Gasteiger partial charge in [0.05, 0.1) is 21.3 Å². The van der Waals surface area contributed by atoms with Crippen LogP contribution in [0.2, 0.25) is 5.02 Å². The van der Waals surface area contributed by atoms with Crippen molar-refractivity contribution in [1.29, 1.82) is 0 Å². The summed E-state index contributed by atoms with van der Waals surface area (Å²) in [6.45, 7) is 2.06. The fraction of sp³-hybridized carbons (Fsp3) is 0.188. The molecule has 5 heteroatoms. The Morgan fingerprint density at radius 1 is 1.29 bits per heavy atom. The van der Waals surface area contributed by atoms with Crippen molar-refractivity contribution >= 4 is 33.2 Å². The van der Waals surface area contributed by atoms with Gasteiger partial charge in [-0.2, -0.15) is 0 Å². The number of rotatable bonds is 4. The van der Waals surface area contributed by atoms with Crippen molar-refractivity contribution in [3.8, 4) is 0 Å². The molecule has 0 bridgehead atoms. The van der Waals surface area contributed by atoms with Gasteiger partial charge in [0.25, 0.3) is 0 Å². The zero-order chi connectivity index (χ0) is 14.8. The summed E-state index contributed by atoms with van der Waals surface area (Å²) in [5.74, 6) is 5.75. The third-order valence-corrected chi connectivity index (χ3v) is 4.83. The summed E-state index contributed by atoms with van der Waals surface area (Å²) < 4.78 is 1.20. The van der Waals surface area contributed by atoms with E-state index in [4.69, 9.17) is 17.4 Å². The first-order chi connectivity index (χ1) is 10.2. The summed E-state index contributed by atoms with van der Waals surface area (Å²) in [6, 6.07) is 14.0. The predicted molar refractivity (Wildman–Crippen MR) is 89.6 cm³/mol. The molecule has 0 saturated heterocycles. The van der Waals surface area contributed by atoms with Crippen LogP contribution in [-0.4, -0.2) is 4.98 Å². The first kappa shape index (κ1) is 14.5. The van der Waals surface area contributed by atoms with Gasteiger partial charge in [-0.25, -0.2) is 4.98 Å². The zero-order valence-electron chi connectivity index (χ0n) is 11.6. The van der Waals surface area contributed by atoms with Crippen LogP contribution in [0.15, 0.2) is 42.5 Å². The molecular formula is C16H16ClN3S. The number of aromatic nitrogens is 1. The Kier molecular flexibility index (Phi) is 4.22. The lowest BCUT2D eigenvalue weighted by molar-refractivity contribution is 0.548. The topological polar surface area (TPSA) is 50.9 Å². The molecule has 0 aliphatic rings. The highest BCUT2D eigenvalue weighted by Gasteiger charge is 2.16. The Balaban J connectivity index is 1.91. The van der Waals surface area contributed by atoms with Crippen molar-refractivity contribution in [1.82, 2.24) is 10.4 Å². The highest BCUT2D eigenvalue weighted by Crippen LogP contribution is 2.28. The molecule has 0 saturated carbocycles. The fourth-order valence-corrected chi connectivity index (χ4v) is 3.62. The molecule has 0 radical (unpaired) electrons. The average molecular weight is 318 g/mol. The molecule has 2 aromatic carbocycles. The number of hydrazine groups is 1. The molecule has 108 valence electrons. The van der Waals surface area contributed by atoms with Gasteiger partial charge in [0.2, 0.25) is 0 Å². The monoisotopic (exact) mass is 317 g/mol. The SMILES string of the molecule is Cc1ccc(Cl)cc1C(Cc1nc2ccccc2s1)NN. The largest absolute Gasteiger partial charge is 0.271 e. The van der Waals surface area contributed by atoms with Crippen LogP contribution in [0.1, 0.15) is 22.2 Å². The molecule has 1 unspecified atom stereocenters. The van der Waals surface area contributed by atoms with Crippen LogP contribution in [0.4, 0.5) is 0 Å². The van der Waals surface area contributed by atoms with E-state index in [1.165, 1.54) is 10.3 Å². The average Bonchev–Trinajstić information content (AvgIpc) is 2.90. The second-order valence-corrected chi connectivity index (χ2v) is 6.55. The third-order valence-electron chi connectivity index (χ3n) is 3.53. The fourth-order valence-electron chi connectivity index (χ4n) is 2.43. The lowest BCUT2D eigenvalue weighted by atomic mass is 9.99. The van der Waals surface area contributed by atoms with Crippen LogP contribution in [-0.2, 0) is 6.42 Å². The second kappa shape index (κ2) is 6.12. The number of fused-ring (bicyclic) bond motifs is 1. The number of nitrogens with two attached hydrogens (primary N) is 1. The molecule has 21 heavy (non-hydrogen) atoms. The minimum Gasteiger partial charge on any atom is -0.271 e. The molecule has 0 fully saturated rings. The normalized spacial score (nSPS) is 12.7. The number of hydrogen-bond donors (Lipinski definition) is 2. The van der Waals surface area contributed by atoms with Gasteiger partial charge in [0.15, 0.2) is 0 Å². The Bertz CT molecular complexity index is 736. The van der Waals surface area contributed by atoms with Gasteiger partial charge < -0.3 is 0 Å². The predicted octanol–water partition coefficient (Wildman–Crippen LogP) is 4.01. The van der Waals surface area contributed by atoms with Gasteiger partial charge in [-0.15, -0.1) is 11.3 Å². The second-order valence-electron chi connectivity index (χ2n) is 5.00. The molecule has 0 spiro atoms. The van der Waals surface area contributed by atoms with Gasteiger partial charge in [0, 0.05) is 11.4 Å². The van der Waals surface area contributed by atoms with Crippen molar-refractivity contribution in [3.63, 3.8) is 0 Å². The Labute approximate surface area is 132 Å². The lowest BCUT2D eigenvalue weighted by Gasteiger charge is -2.17. The maximum absolute atomic E-state index is 6.10. The summed E-state index contributed by atoms with van der Waals surface area (Å²) in [4.78, 5) is 4.67. The van der Waals surface area contributed by atoms with Crippen LogP contribution in [0.5, 0.6) is 0 Å². The lowest BCUT2D eigenvalue weighted by Crippen LogP contribution is -2.30. The van der Waals surface area contributed by atoms with Gasteiger partial charge in [-0.1, -0.05) is 29.8 Å². The van der Waals surface area contributed by atoms with E-state index in [0.717, 1.165) is 27.5 Å². The van der Waals surface area contributed by atoms with E-state index in [2.05, 4.69) is 23.4 Å². The molecule has 1 heterocycles. The molecule has 3 N–H and O–H groups in total. The van der Waals surface area contributed by atoms with Crippen molar-refractivity contribution in [3.05, 3.63) is 63.6 Å². The highest BCUT2D eigenvalue weighted by molar-refractivity contribution is 7.18. The summed E-state index contributed by atoms with van der Waals surface area (Å²) in [5.41, 5.74) is 6.21. The minimum absolute atomic E-state index is 0.00395. The van der Waals surface area contributed by atoms with Crippen LogP contribution in [0.25, 0.3) is 10.2 Å². The molecule has 0 aliphatic carbocycles. The highest BCUT2D eigenvalue weighted by atomic mass is 35.5. The van der Waals surface area contributed by atoms with E-state index in [-0.39, 0.29) is 6.04 Å². The molecule has 1 atom stereocenters. The minimum atomic E-state index is 0.00395. The summed E-state index contributed by atoms with van der Waals surface area (Å²) in [7, 11) is 0. The summed E-state index contributed by atoms with van der Waals surface area (Å²) in [5, 5.41) is 1.79. The van der Waals surface area contributed by atoms with Gasteiger partial charge in [-0.05, 0) is 42.3 Å². The number of hydrogen-bond acceptors (Lipinski definition) is 4. The van der Waals surface area contributed by atoms with Crippen molar-refractivity contribution in [2.45, 2.75) is 19.4 Å². The van der Waals surface area contributed by atoms with E-state index in [9.17, 15) is 0 Å². The first-order valence-corrected chi connectivity index (χ1v) is 7.93. The molecule has 1 aromatic heterocycles. The van der Waals surface area contributed by atoms with Crippen LogP contribution >= 0.6 is 22.9 Å². The van der Waals surface area contributed by atoms with E-state index in [1.54, 1.807) is 11.3 Å². The number of nitrogens with one attached hydrogen (secondary N) is 1. The van der Waals surface area contributed by atoms with E-state index in [0.29, 0.717) is 0 Å². The quantitative estimate of drug-likeness (QED) is 0.565. The number of benzene rings is 2. The first-order valence-electron chi connectivity index (χ1n) is 6.74. The van der Waals surface area contributed by atoms with Crippen LogP contribution in [0, 0.1) is 6.92 Å².